The Kier molecular flexibility index (Phi) is 4.24. The SMILES string of the molecule is Nc1cc(F)cc(COc2ccc(Br)cc2Br)c1. The molecule has 2 aromatic rings. The minimum absolute atomic E-state index is 0.266. The van der Waals surface area contributed by atoms with Gasteiger partial charge in [-0.2, -0.15) is 0 Å². The zero-order chi connectivity index (χ0) is 13.1. The molecule has 0 aliphatic rings. The van der Waals surface area contributed by atoms with Crippen LogP contribution in [0, 0.1) is 5.82 Å². The molecule has 0 fully saturated rings. The van der Waals surface area contributed by atoms with Crippen LogP contribution in [0.3, 0.4) is 0 Å². The van der Waals surface area contributed by atoms with Gasteiger partial charge in [-0.15, -0.1) is 0 Å². The van der Waals surface area contributed by atoms with Crippen molar-refractivity contribution in [2.24, 2.45) is 0 Å². The van der Waals surface area contributed by atoms with Crippen LogP contribution in [0.5, 0.6) is 5.75 Å². The number of hydrogen-bond acceptors (Lipinski definition) is 2. The number of nitrogens with two attached hydrogens (primary N) is 1. The lowest BCUT2D eigenvalue weighted by Gasteiger charge is -2.09. The first kappa shape index (κ1) is 13.4. The molecule has 0 heterocycles. The summed E-state index contributed by atoms with van der Waals surface area (Å²) in [5, 5.41) is 0. The van der Waals surface area contributed by atoms with Gasteiger partial charge in [-0.1, -0.05) is 15.9 Å². The van der Waals surface area contributed by atoms with Crippen molar-refractivity contribution in [3.05, 3.63) is 56.7 Å². The maximum atomic E-state index is 13.1. The highest BCUT2D eigenvalue weighted by molar-refractivity contribution is 9.11. The molecule has 18 heavy (non-hydrogen) atoms. The molecule has 0 unspecified atom stereocenters. The van der Waals surface area contributed by atoms with Crippen molar-refractivity contribution in [3.63, 3.8) is 0 Å². The smallest absolute Gasteiger partial charge is 0.134 e. The molecule has 0 saturated carbocycles. The third-order valence-corrected chi connectivity index (χ3v) is 3.38. The molecule has 94 valence electrons. The predicted molar refractivity (Wildman–Crippen MR) is 77.0 cm³/mol. The average Bonchev–Trinajstić information content (AvgIpc) is 2.26. The largest absolute Gasteiger partial charge is 0.488 e. The summed E-state index contributed by atoms with van der Waals surface area (Å²) < 4.78 is 20.5. The maximum Gasteiger partial charge on any atom is 0.134 e. The number of benzene rings is 2. The van der Waals surface area contributed by atoms with Gasteiger partial charge in [0.2, 0.25) is 0 Å². The lowest BCUT2D eigenvalue weighted by atomic mass is 10.2. The predicted octanol–water partition coefficient (Wildman–Crippen LogP) is 4.51. The van der Waals surface area contributed by atoms with Crippen molar-refractivity contribution in [1.82, 2.24) is 0 Å². The molecule has 0 saturated heterocycles. The quantitative estimate of drug-likeness (QED) is 0.802. The van der Waals surface area contributed by atoms with Gasteiger partial charge in [0, 0.05) is 10.2 Å². The molecule has 0 aliphatic heterocycles. The topological polar surface area (TPSA) is 35.2 Å². The van der Waals surface area contributed by atoms with Crippen molar-refractivity contribution in [1.29, 1.82) is 0 Å². The molecule has 2 rings (SSSR count). The summed E-state index contributed by atoms with van der Waals surface area (Å²) in [5.41, 5.74) is 6.66. The molecule has 2 nitrogen and oxygen atoms in total. The van der Waals surface area contributed by atoms with E-state index in [2.05, 4.69) is 31.9 Å². The van der Waals surface area contributed by atoms with E-state index in [-0.39, 0.29) is 12.4 Å². The minimum atomic E-state index is -0.358. The summed E-state index contributed by atoms with van der Waals surface area (Å²) in [5.74, 6) is 0.338. The zero-order valence-electron chi connectivity index (χ0n) is 9.29. The monoisotopic (exact) mass is 373 g/mol. The molecule has 2 N–H and O–H groups in total. The summed E-state index contributed by atoms with van der Waals surface area (Å²) in [6, 6.07) is 9.96. The van der Waals surface area contributed by atoms with E-state index in [9.17, 15) is 4.39 Å². The van der Waals surface area contributed by atoms with Crippen LogP contribution in [0.25, 0.3) is 0 Å². The Morgan fingerprint density at radius 3 is 2.56 bits per heavy atom. The van der Waals surface area contributed by atoms with E-state index in [1.165, 1.54) is 12.1 Å². The summed E-state index contributed by atoms with van der Waals surface area (Å²) in [6.07, 6.45) is 0. The fourth-order valence-electron chi connectivity index (χ4n) is 1.51. The summed E-state index contributed by atoms with van der Waals surface area (Å²) in [4.78, 5) is 0. The van der Waals surface area contributed by atoms with Crippen molar-refractivity contribution in [3.8, 4) is 5.75 Å². The molecule has 0 bridgehead atoms. The number of anilines is 1. The molecule has 5 heteroatoms. The summed E-state index contributed by atoms with van der Waals surface area (Å²) in [6.45, 7) is 0.266. The van der Waals surface area contributed by atoms with Crippen LogP contribution >= 0.6 is 31.9 Å². The lowest BCUT2D eigenvalue weighted by molar-refractivity contribution is 0.303. The van der Waals surface area contributed by atoms with Crippen molar-refractivity contribution < 1.29 is 9.13 Å². The molecular formula is C13H10Br2FNO. The second-order valence-electron chi connectivity index (χ2n) is 3.76. The first-order valence-electron chi connectivity index (χ1n) is 5.17. The number of hydrogen-bond donors (Lipinski definition) is 1. The van der Waals surface area contributed by atoms with Crippen molar-refractivity contribution >= 4 is 37.5 Å². The Morgan fingerprint density at radius 1 is 1.11 bits per heavy atom. The van der Waals surface area contributed by atoms with Gasteiger partial charge < -0.3 is 10.5 Å². The zero-order valence-corrected chi connectivity index (χ0v) is 12.5. The number of halogens is 3. The second-order valence-corrected chi connectivity index (χ2v) is 5.53. The molecule has 0 radical (unpaired) electrons. The summed E-state index contributed by atoms with van der Waals surface area (Å²) in [7, 11) is 0. The van der Waals surface area contributed by atoms with Crippen LogP contribution in [-0.4, -0.2) is 0 Å². The standard InChI is InChI=1S/C13H10Br2FNO/c14-9-1-2-13(12(15)5-9)18-7-8-3-10(16)6-11(17)4-8/h1-6H,7,17H2. The minimum Gasteiger partial charge on any atom is -0.488 e. The van der Waals surface area contributed by atoms with E-state index in [1.807, 2.05) is 18.2 Å². The molecule has 0 atom stereocenters. The normalized spacial score (nSPS) is 10.4. The van der Waals surface area contributed by atoms with Crippen LogP contribution in [0.4, 0.5) is 10.1 Å². The Balaban J connectivity index is 2.11. The van der Waals surface area contributed by atoms with Gasteiger partial charge in [0.05, 0.1) is 4.47 Å². The molecule has 0 aromatic heterocycles. The van der Waals surface area contributed by atoms with Crippen molar-refractivity contribution in [2.75, 3.05) is 5.73 Å². The molecule has 0 spiro atoms. The van der Waals surface area contributed by atoms with Crippen LogP contribution in [0.2, 0.25) is 0 Å². The Hall–Kier alpha value is -1.07. The fraction of sp³-hybridized carbons (Fsp3) is 0.0769. The van der Waals surface area contributed by atoms with E-state index in [4.69, 9.17) is 10.5 Å². The van der Waals surface area contributed by atoms with Gasteiger partial charge in [-0.3, -0.25) is 0 Å². The Bertz CT molecular complexity index is 555. The number of ether oxygens (including phenoxy) is 1. The lowest BCUT2D eigenvalue weighted by Crippen LogP contribution is -1.98. The van der Waals surface area contributed by atoms with Gasteiger partial charge in [0.25, 0.3) is 0 Å². The van der Waals surface area contributed by atoms with Crippen LogP contribution in [-0.2, 0) is 6.61 Å². The molecule has 2 aromatic carbocycles. The third kappa shape index (κ3) is 3.46. The first-order valence-corrected chi connectivity index (χ1v) is 6.76. The van der Waals surface area contributed by atoms with Gasteiger partial charge in [-0.25, -0.2) is 4.39 Å². The molecule has 0 amide bonds. The third-order valence-electron chi connectivity index (χ3n) is 2.27. The van der Waals surface area contributed by atoms with E-state index >= 15 is 0 Å². The van der Waals surface area contributed by atoms with Gasteiger partial charge in [0.15, 0.2) is 0 Å². The highest BCUT2D eigenvalue weighted by Crippen LogP contribution is 2.29. The number of rotatable bonds is 3. The highest BCUT2D eigenvalue weighted by Gasteiger charge is 2.04. The Labute approximate surface area is 121 Å². The van der Waals surface area contributed by atoms with E-state index < -0.39 is 0 Å². The summed E-state index contributed by atoms with van der Waals surface area (Å²) >= 11 is 6.76. The van der Waals surface area contributed by atoms with E-state index in [0.29, 0.717) is 17.0 Å². The second kappa shape index (κ2) is 5.71. The highest BCUT2D eigenvalue weighted by atomic mass is 79.9. The molecule has 0 aliphatic carbocycles. The van der Waals surface area contributed by atoms with Crippen LogP contribution < -0.4 is 10.5 Å². The van der Waals surface area contributed by atoms with E-state index in [0.717, 1.165) is 8.95 Å². The first-order chi connectivity index (χ1) is 8.54. The average molecular weight is 375 g/mol. The molecular weight excluding hydrogens is 365 g/mol. The van der Waals surface area contributed by atoms with Gasteiger partial charge in [0.1, 0.15) is 18.2 Å². The van der Waals surface area contributed by atoms with E-state index in [1.54, 1.807) is 6.07 Å². The van der Waals surface area contributed by atoms with Crippen molar-refractivity contribution in [2.45, 2.75) is 6.61 Å². The van der Waals surface area contributed by atoms with Gasteiger partial charge in [-0.05, 0) is 57.9 Å². The number of nitrogen functional groups attached to an aromatic ring is 1. The maximum absolute atomic E-state index is 13.1. The van der Waals surface area contributed by atoms with Crippen LogP contribution in [0.1, 0.15) is 5.56 Å². The van der Waals surface area contributed by atoms with Crippen LogP contribution in [0.15, 0.2) is 45.3 Å². The fourth-order valence-corrected chi connectivity index (χ4v) is 2.67. The van der Waals surface area contributed by atoms with Gasteiger partial charge >= 0.3 is 0 Å². The Morgan fingerprint density at radius 2 is 1.89 bits per heavy atom.